The van der Waals surface area contributed by atoms with Gasteiger partial charge in [-0.3, -0.25) is 4.79 Å². The number of benzene rings is 1. The second-order valence-electron chi connectivity index (χ2n) is 2.66. The topological polar surface area (TPSA) is 51.2 Å². The summed E-state index contributed by atoms with van der Waals surface area (Å²) in [6, 6.07) is 4.17. The normalized spacial score (nSPS) is 11.4. The highest BCUT2D eigenvalue weighted by molar-refractivity contribution is 7.91. The van der Waals surface area contributed by atoms with Crippen LogP contribution in [0.4, 0.5) is 0 Å². The first-order valence-electron chi connectivity index (χ1n) is 3.52. The quantitative estimate of drug-likeness (QED) is 0.758. The van der Waals surface area contributed by atoms with Crippen molar-refractivity contribution >= 4 is 38.3 Å². The minimum absolute atomic E-state index is 0.000926. The third kappa shape index (κ3) is 2.26. The van der Waals surface area contributed by atoms with Gasteiger partial charge in [-0.15, -0.1) is 0 Å². The van der Waals surface area contributed by atoms with Gasteiger partial charge in [-0.1, -0.05) is 17.7 Å². The van der Waals surface area contributed by atoms with Gasteiger partial charge < -0.3 is 0 Å². The standard InChI is InChI=1S/C8H6Cl2O3S/c1-14(12,13)7-5(8(10)11)3-2-4-6(7)9/h2-4H,1H3. The summed E-state index contributed by atoms with van der Waals surface area (Å²) in [7, 11) is -3.55. The molecule has 1 aromatic carbocycles. The molecule has 0 bridgehead atoms. The molecule has 0 saturated carbocycles. The van der Waals surface area contributed by atoms with E-state index in [1.54, 1.807) is 0 Å². The van der Waals surface area contributed by atoms with Gasteiger partial charge in [0.1, 0.15) is 0 Å². The lowest BCUT2D eigenvalue weighted by molar-refractivity contribution is 0.107. The van der Waals surface area contributed by atoms with Crippen LogP contribution in [-0.4, -0.2) is 19.9 Å². The Morgan fingerprint density at radius 1 is 1.36 bits per heavy atom. The zero-order chi connectivity index (χ0) is 10.9. The summed E-state index contributed by atoms with van der Waals surface area (Å²) in [4.78, 5) is 10.7. The van der Waals surface area contributed by atoms with E-state index < -0.39 is 15.1 Å². The van der Waals surface area contributed by atoms with E-state index in [0.29, 0.717) is 0 Å². The molecule has 14 heavy (non-hydrogen) atoms. The number of carbonyl (C=O) groups excluding carboxylic acids is 1. The molecule has 6 heteroatoms. The number of sulfone groups is 1. The van der Waals surface area contributed by atoms with Gasteiger partial charge in [0.15, 0.2) is 9.84 Å². The Labute approximate surface area is 91.6 Å². The maximum absolute atomic E-state index is 11.3. The molecule has 3 nitrogen and oxygen atoms in total. The van der Waals surface area contributed by atoms with Gasteiger partial charge in [0.05, 0.1) is 15.5 Å². The first-order valence-corrected chi connectivity index (χ1v) is 6.17. The Balaban J connectivity index is 3.62. The van der Waals surface area contributed by atoms with Gasteiger partial charge in [0, 0.05) is 6.26 Å². The minimum Gasteiger partial charge on any atom is -0.276 e. The van der Waals surface area contributed by atoms with Crippen molar-refractivity contribution in [3.63, 3.8) is 0 Å². The Bertz CT molecular complexity index is 479. The fourth-order valence-electron chi connectivity index (χ4n) is 1.04. The lowest BCUT2D eigenvalue weighted by Crippen LogP contribution is -2.05. The van der Waals surface area contributed by atoms with E-state index >= 15 is 0 Å². The zero-order valence-electron chi connectivity index (χ0n) is 7.12. The van der Waals surface area contributed by atoms with Crippen LogP contribution in [0.15, 0.2) is 23.1 Å². The third-order valence-corrected chi connectivity index (χ3v) is 3.36. The highest BCUT2D eigenvalue weighted by Gasteiger charge is 2.20. The monoisotopic (exact) mass is 252 g/mol. The van der Waals surface area contributed by atoms with Crippen LogP contribution in [-0.2, 0) is 9.84 Å². The average Bonchev–Trinajstić information content (AvgIpc) is 2.01. The number of hydrogen-bond donors (Lipinski definition) is 0. The molecule has 0 aliphatic heterocycles. The second-order valence-corrected chi connectivity index (χ2v) is 5.37. The molecule has 0 unspecified atom stereocenters. The smallest absolute Gasteiger partial charge is 0.253 e. The molecular formula is C8H6Cl2O3S. The van der Waals surface area contributed by atoms with Gasteiger partial charge in [-0.05, 0) is 23.7 Å². The van der Waals surface area contributed by atoms with Gasteiger partial charge in [-0.2, -0.15) is 0 Å². The van der Waals surface area contributed by atoms with E-state index in [2.05, 4.69) is 0 Å². The van der Waals surface area contributed by atoms with Crippen LogP contribution in [0.2, 0.25) is 5.02 Å². The van der Waals surface area contributed by atoms with Crippen LogP contribution < -0.4 is 0 Å². The van der Waals surface area contributed by atoms with Crippen molar-refractivity contribution < 1.29 is 13.2 Å². The molecule has 0 N–H and O–H groups in total. The Hall–Kier alpha value is -0.580. The van der Waals surface area contributed by atoms with Crippen molar-refractivity contribution in [1.29, 1.82) is 0 Å². The lowest BCUT2D eigenvalue weighted by atomic mass is 10.2. The minimum atomic E-state index is -3.55. The molecule has 1 rings (SSSR count). The predicted octanol–water partition coefficient (Wildman–Crippen LogP) is 2.12. The molecule has 0 spiro atoms. The molecule has 0 aliphatic carbocycles. The summed E-state index contributed by atoms with van der Waals surface area (Å²) in [5.41, 5.74) is -0.0957. The molecule has 1 aromatic rings. The van der Waals surface area contributed by atoms with Crippen LogP contribution in [0.3, 0.4) is 0 Å². The Morgan fingerprint density at radius 3 is 2.29 bits per heavy atom. The zero-order valence-corrected chi connectivity index (χ0v) is 9.45. The largest absolute Gasteiger partial charge is 0.276 e. The molecule has 0 fully saturated rings. The molecule has 0 aliphatic rings. The van der Waals surface area contributed by atoms with Crippen LogP contribution in [0.5, 0.6) is 0 Å². The molecule has 0 radical (unpaired) electrons. The number of carbonyl (C=O) groups is 1. The molecule has 0 saturated heterocycles. The Kier molecular flexibility index (Phi) is 3.19. The summed E-state index contributed by atoms with van der Waals surface area (Å²) in [5.74, 6) is 0. The van der Waals surface area contributed by atoms with E-state index in [9.17, 15) is 13.2 Å². The average molecular weight is 253 g/mol. The second kappa shape index (κ2) is 3.88. The maximum atomic E-state index is 11.3. The van der Waals surface area contributed by atoms with Crippen molar-refractivity contribution in [2.75, 3.05) is 6.26 Å². The van der Waals surface area contributed by atoms with Gasteiger partial charge in [0.25, 0.3) is 5.24 Å². The number of hydrogen-bond acceptors (Lipinski definition) is 3. The van der Waals surface area contributed by atoms with Gasteiger partial charge >= 0.3 is 0 Å². The van der Waals surface area contributed by atoms with E-state index in [1.807, 2.05) is 0 Å². The molecule has 76 valence electrons. The van der Waals surface area contributed by atoms with E-state index in [1.165, 1.54) is 18.2 Å². The van der Waals surface area contributed by atoms with Crippen LogP contribution >= 0.6 is 23.2 Å². The van der Waals surface area contributed by atoms with Crippen LogP contribution in [0.25, 0.3) is 0 Å². The van der Waals surface area contributed by atoms with Crippen molar-refractivity contribution in [3.8, 4) is 0 Å². The predicted molar refractivity (Wildman–Crippen MR) is 54.7 cm³/mol. The van der Waals surface area contributed by atoms with Gasteiger partial charge in [-0.25, -0.2) is 8.42 Å². The maximum Gasteiger partial charge on any atom is 0.253 e. The molecule has 0 amide bonds. The molecular weight excluding hydrogens is 247 g/mol. The highest BCUT2D eigenvalue weighted by Crippen LogP contribution is 2.26. The van der Waals surface area contributed by atoms with Crippen molar-refractivity contribution in [1.82, 2.24) is 0 Å². The number of halogens is 2. The summed E-state index contributed by atoms with van der Waals surface area (Å²) in [5, 5.41) is -0.841. The Morgan fingerprint density at radius 2 is 1.93 bits per heavy atom. The summed E-state index contributed by atoms with van der Waals surface area (Å²) < 4.78 is 22.6. The summed E-state index contributed by atoms with van der Waals surface area (Å²) >= 11 is 10.9. The van der Waals surface area contributed by atoms with Crippen molar-refractivity contribution in [3.05, 3.63) is 28.8 Å². The van der Waals surface area contributed by atoms with Crippen LogP contribution in [0, 0.1) is 0 Å². The fraction of sp³-hybridized carbons (Fsp3) is 0.125. The SMILES string of the molecule is CS(=O)(=O)c1c(Cl)cccc1C(=O)Cl. The fourth-order valence-corrected chi connectivity index (χ4v) is 2.83. The third-order valence-electron chi connectivity index (χ3n) is 1.55. The lowest BCUT2D eigenvalue weighted by Gasteiger charge is -2.05. The first kappa shape index (κ1) is 11.5. The molecule has 0 atom stereocenters. The van der Waals surface area contributed by atoms with Crippen molar-refractivity contribution in [2.24, 2.45) is 0 Å². The van der Waals surface area contributed by atoms with E-state index in [0.717, 1.165) is 6.26 Å². The molecule has 0 aromatic heterocycles. The number of rotatable bonds is 2. The molecule has 0 heterocycles. The van der Waals surface area contributed by atoms with Crippen molar-refractivity contribution in [2.45, 2.75) is 4.90 Å². The summed E-state index contributed by atoms with van der Waals surface area (Å²) in [6.07, 6.45) is 0.970. The first-order chi connectivity index (χ1) is 6.34. The summed E-state index contributed by atoms with van der Waals surface area (Å²) in [6.45, 7) is 0. The highest BCUT2D eigenvalue weighted by atomic mass is 35.5. The van der Waals surface area contributed by atoms with Crippen LogP contribution in [0.1, 0.15) is 10.4 Å². The van der Waals surface area contributed by atoms with E-state index in [4.69, 9.17) is 23.2 Å². The van der Waals surface area contributed by atoms with E-state index in [-0.39, 0.29) is 15.5 Å². The van der Waals surface area contributed by atoms with Gasteiger partial charge in [0.2, 0.25) is 0 Å².